The van der Waals surface area contributed by atoms with Gasteiger partial charge in [0.05, 0.1) is 0 Å². The van der Waals surface area contributed by atoms with Crippen LogP contribution in [0.1, 0.15) is 285 Å². The molecule has 0 aromatic rings. The molecule has 0 spiro atoms. The van der Waals surface area contributed by atoms with Crippen LogP contribution in [0.4, 0.5) is 0 Å². The number of ether oxygens (including phenoxy) is 3. The second kappa shape index (κ2) is 44.9. The summed E-state index contributed by atoms with van der Waals surface area (Å²) < 4.78 is 16.8. The van der Waals surface area contributed by atoms with Gasteiger partial charge in [-0.2, -0.15) is 0 Å². The maximum Gasteiger partial charge on any atom is 0.306 e. The van der Waals surface area contributed by atoms with Crippen LogP contribution in [0, 0.1) is 11.8 Å². The molecule has 3 atom stereocenters. The average Bonchev–Trinajstić information content (AvgIpc) is 3.22. The highest BCUT2D eigenvalue weighted by Crippen LogP contribution is 2.18. The summed E-state index contributed by atoms with van der Waals surface area (Å²) in [5.74, 6) is 0.865. The van der Waals surface area contributed by atoms with E-state index < -0.39 is 6.10 Å². The van der Waals surface area contributed by atoms with Gasteiger partial charge >= 0.3 is 17.9 Å². The average molecular weight is 821 g/mol. The minimum Gasteiger partial charge on any atom is -0.462 e. The fourth-order valence-corrected chi connectivity index (χ4v) is 7.75. The molecule has 0 aromatic heterocycles. The van der Waals surface area contributed by atoms with Crippen LogP contribution in [0.3, 0.4) is 0 Å². The minimum absolute atomic E-state index is 0.0640. The van der Waals surface area contributed by atoms with Gasteiger partial charge in [-0.1, -0.05) is 247 Å². The Morgan fingerprint density at radius 2 is 0.603 bits per heavy atom. The van der Waals surface area contributed by atoms with Gasteiger partial charge in [0.25, 0.3) is 0 Å². The Morgan fingerprint density at radius 3 is 0.897 bits per heavy atom. The molecule has 0 heterocycles. The summed E-state index contributed by atoms with van der Waals surface area (Å²) in [5.41, 5.74) is 0. The Bertz CT molecular complexity index is 889. The third-order valence-corrected chi connectivity index (χ3v) is 12.4. The highest BCUT2D eigenvalue weighted by molar-refractivity contribution is 5.71. The molecule has 0 aliphatic heterocycles. The van der Waals surface area contributed by atoms with Gasteiger partial charge in [-0.3, -0.25) is 14.4 Å². The Balaban J connectivity index is 4.34. The van der Waals surface area contributed by atoms with E-state index in [0.29, 0.717) is 19.3 Å². The van der Waals surface area contributed by atoms with Crippen molar-refractivity contribution in [2.45, 2.75) is 291 Å². The van der Waals surface area contributed by atoms with Crippen LogP contribution in [0.5, 0.6) is 0 Å². The quantitative estimate of drug-likeness (QED) is 0.0346. The van der Waals surface area contributed by atoms with E-state index >= 15 is 0 Å². The number of unbranched alkanes of at least 4 members (excludes halogenated alkanes) is 29. The van der Waals surface area contributed by atoms with E-state index in [-0.39, 0.29) is 31.1 Å². The molecule has 0 amide bonds. The fourth-order valence-electron chi connectivity index (χ4n) is 7.75. The van der Waals surface area contributed by atoms with Crippen LogP contribution in [0.25, 0.3) is 0 Å². The second-order valence-electron chi connectivity index (χ2n) is 18.3. The lowest BCUT2D eigenvalue weighted by Gasteiger charge is -2.18. The predicted molar refractivity (Wildman–Crippen MR) is 247 cm³/mol. The van der Waals surface area contributed by atoms with Crippen molar-refractivity contribution in [1.29, 1.82) is 0 Å². The van der Waals surface area contributed by atoms with Crippen molar-refractivity contribution in [1.82, 2.24) is 0 Å². The van der Waals surface area contributed by atoms with E-state index in [1.165, 1.54) is 173 Å². The molecule has 0 saturated heterocycles. The topological polar surface area (TPSA) is 78.9 Å². The Labute approximate surface area is 361 Å². The molecule has 0 saturated carbocycles. The molecule has 0 aliphatic rings. The van der Waals surface area contributed by atoms with Gasteiger partial charge < -0.3 is 14.2 Å². The van der Waals surface area contributed by atoms with Crippen LogP contribution in [-0.2, 0) is 28.6 Å². The van der Waals surface area contributed by atoms with E-state index in [9.17, 15) is 14.4 Å². The highest BCUT2D eigenvalue weighted by Gasteiger charge is 2.19. The molecule has 344 valence electrons. The molecule has 0 N–H and O–H groups in total. The molecule has 0 aliphatic carbocycles. The van der Waals surface area contributed by atoms with E-state index in [1.54, 1.807) is 0 Å². The van der Waals surface area contributed by atoms with Crippen molar-refractivity contribution in [3.8, 4) is 0 Å². The fraction of sp³-hybridized carbons (Fsp3) is 0.942. The van der Waals surface area contributed by atoms with Gasteiger partial charge in [0.15, 0.2) is 6.10 Å². The first-order chi connectivity index (χ1) is 28.3. The summed E-state index contributed by atoms with van der Waals surface area (Å²) in [6, 6.07) is 0. The summed E-state index contributed by atoms with van der Waals surface area (Å²) >= 11 is 0. The monoisotopic (exact) mass is 821 g/mol. The lowest BCUT2D eigenvalue weighted by atomic mass is 9.99. The normalized spacial score (nSPS) is 13.0. The third-order valence-electron chi connectivity index (χ3n) is 12.4. The summed E-state index contributed by atoms with van der Waals surface area (Å²) in [7, 11) is 0. The van der Waals surface area contributed by atoms with Gasteiger partial charge in [-0.15, -0.1) is 0 Å². The number of carbonyl (C=O) groups is 3. The first kappa shape index (κ1) is 56.4. The summed E-state index contributed by atoms with van der Waals surface area (Å²) in [5, 5.41) is 0. The largest absolute Gasteiger partial charge is 0.462 e. The maximum atomic E-state index is 12.8. The van der Waals surface area contributed by atoms with Crippen molar-refractivity contribution in [3.63, 3.8) is 0 Å². The summed E-state index contributed by atoms with van der Waals surface area (Å²) in [4.78, 5) is 37.9. The van der Waals surface area contributed by atoms with Gasteiger partial charge in [0.1, 0.15) is 13.2 Å². The zero-order valence-electron chi connectivity index (χ0n) is 39.7. The van der Waals surface area contributed by atoms with Crippen LogP contribution in [0.2, 0.25) is 0 Å². The number of hydrogen-bond acceptors (Lipinski definition) is 6. The lowest BCUT2D eigenvalue weighted by molar-refractivity contribution is -0.167. The first-order valence-corrected chi connectivity index (χ1v) is 25.8. The van der Waals surface area contributed by atoms with E-state index in [1.807, 2.05) is 0 Å². The molecule has 0 bridgehead atoms. The molecule has 6 nitrogen and oxygen atoms in total. The number of hydrogen-bond donors (Lipinski definition) is 0. The van der Waals surface area contributed by atoms with E-state index in [2.05, 4.69) is 34.6 Å². The van der Waals surface area contributed by atoms with Crippen molar-refractivity contribution in [3.05, 3.63) is 0 Å². The number of rotatable bonds is 46. The summed E-state index contributed by atoms with van der Waals surface area (Å²) in [6.07, 6.45) is 45.0. The standard InChI is InChI=1S/C52H100O6/c1-6-9-10-11-12-13-14-15-16-17-21-27-32-37-42-50(53)56-45-49(46-57-51(54)43-38-33-28-24-23-26-31-36-41-48(5)8-3)58-52(55)44-39-34-29-22-19-18-20-25-30-35-40-47(4)7-2/h47-49H,6-46H2,1-5H3/t47?,48?,49-/m1/s1. The molecule has 58 heavy (non-hydrogen) atoms. The van der Waals surface area contributed by atoms with Crippen LogP contribution < -0.4 is 0 Å². The SMILES string of the molecule is CCCCCCCCCCCCCCCCC(=O)OC[C@H](COC(=O)CCCCCCCCCCC(C)CC)OC(=O)CCCCCCCCCCCCC(C)CC. The minimum atomic E-state index is -0.762. The van der Waals surface area contributed by atoms with Crippen molar-refractivity contribution < 1.29 is 28.6 Å². The van der Waals surface area contributed by atoms with Gasteiger partial charge in [0.2, 0.25) is 0 Å². The van der Waals surface area contributed by atoms with Gasteiger partial charge in [-0.05, 0) is 31.1 Å². The lowest BCUT2D eigenvalue weighted by Crippen LogP contribution is -2.30. The smallest absolute Gasteiger partial charge is 0.306 e. The molecular formula is C52H100O6. The Hall–Kier alpha value is -1.59. The van der Waals surface area contributed by atoms with Gasteiger partial charge in [0, 0.05) is 19.3 Å². The van der Waals surface area contributed by atoms with E-state index in [4.69, 9.17) is 14.2 Å². The Morgan fingerprint density at radius 1 is 0.345 bits per heavy atom. The molecule has 0 fully saturated rings. The molecule has 0 rings (SSSR count). The zero-order chi connectivity index (χ0) is 42.6. The maximum absolute atomic E-state index is 12.8. The third kappa shape index (κ3) is 42.5. The van der Waals surface area contributed by atoms with Crippen LogP contribution in [0.15, 0.2) is 0 Å². The second-order valence-corrected chi connectivity index (χ2v) is 18.3. The molecular weight excluding hydrogens is 721 g/mol. The van der Waals surface area contributed by atoms with Crippen molar-refractivity contribution in [2.75, 3.05) is 13.2 Å². The number of esters is 3. The molecule has 2 unspecified atom stereocenters. The van der Waals surface area contributed by atoms with E-state index in [0.717, 1.165) is 69.6 Å². The Kier molecular flexibility index (Phi) is 43.7. The highest BCUT2D eigenvalue weighted by atomic mass is 16.6. The molecule has 0 radical (unpaired) electrons. The zero-order valence-corrected chi connectivity index (χ0v) is 39.7. The molecule has 6 heteroatoms. The van der Waals surface area contributed by atoms with Gasteiger partial charge in [-0.25, -0.2) is 0 Å². The van der Waals surface area contributed by atoms with Crippen LogP contribution >= 0.6 is 0 Å². The predicted octanol–water partition coefficient (Wildman–Crippen LogP) is 16.5. The van der Waals surface area contributed by atoms with Crippen LogP contribution in [-0.4, -0.2) is 37.2 Å². The summed E-state index contributed by atoms with van der Waals surface area (Å²) in [6.45, 7) is 11.4. The van der Waals surface area contributed by atoms with Crippen molar-refractivity contribution >= 4 is 17.9 Å². The number of carbonyl (C=O) groups excluding carboxylic acids is 3. The molecule has 0 aromatic carbocycles. The van der Waals surface area contributed by atoms with Crippen molar-refractivity contribution in [2.24, 2.45) is 11.8 Å². The first-order valence-electron chi connectivity index (χ1n) is 25.8.